The Morgan fingerprint density at radius 3 is 2.48 bits per heavy atom. The van der Waals surface area contributed by atoms with Crippen LogP contribution in [0.25, 0.3) is 0 Å². The van der Waals surface area contributed by atoms with Crippen molar-refractivity contribution in [2.45, 2.75) is 39.0 Å². The van der Waals surface area contributed by atoms with Crippen LogP contribution in [-0.2, 0) is 10.5 Å². The van der Waals surface area contributed by atoms with Crippen molar-refractivity contribution >= 4 is 17.7 Å². The smallest absolute Gasteiger partial charge is 0.230 e. The molecule has 0 saturated carbocycles. The largest absolute Gasteiger partial charge is 0.349 e. The number of hydrogen-bond donors (Lipinski definition) is 1. The van der Waals surface area contributed by atoms with Crippen LogP contribution >= 0.6 is 11.8 Å². The van der Waals surface area contributed by atoms with Crippen molar-refractivity contribution in [1.82, 2.24) is 5.32 Å². The molecule has 0 saturated heterocycles. The number of aryl methyl sites for hydroxylation is 2. The molecule has 2 nitrogen and oxygen atoms in total. The first kappa shape index (κ1) is 17.6. The monoisotopic (exact) mass is 327 g/mol. The second-order valence-corrected chi connectivity index (χ2v) is 6.91. The number of benzene rings is 2. The molecule has 0 bridgehead atoms. The molecule has 0 radical (unpaired) electrons. The SMILES string of the molecule is CC[C@@H](NC(=O)CSCc1cccc(C)c1)c1ccc(C)cc1. The van der Waals surface area contributed by atoms with Crippen molar-refractivity contribution in [2.24, 2.45) is 0 Å². The van der Waals surface area contributed by atoms with Crippen LogP contribution in [0.5, 0.6) is 0 Å². The minimum Gasteiger partial charge on any atom is -0.349 e. The summed E-state index contributed by atoms with van der Waals surface area (Å²) in [7, 11) is 0. The fourth-order valence-electron chi connectivity index (χ4n) is 2.52. The average molecular weight is 327 g/mol. The van der Waals surface area contributed by atoms with Crippen LogP contribution < -0.4 is 5.32 Å². The second-order valence-electron chi connectivity index (χ2n) is 5.92. The first-order valence-corrected chi connectivity index (χ1v) is 9.23. The fraction of sp³-hybridized carbons (Fsp3) is 0.350. The van der Waals surface area contributed by atoms with Crippen molar-refractivity contribution in [3.8, 4) is 0 Å². The molecule has 0 aliphatic carbocycles. The topological polar surface area (TPSA) is 29.1 Å². The van der Waals surface area contributed by atoms with Crippen LogP contribution in [0.15, 0.2) is 48.5 Å². The molecule has 0 aromatic heterocycles. The lowest BCUT2D eigenvalue weighted by Crippen LogP contribution is -2.29. The third kappa shape index (κ3) is 5.76. The van der Waals surface area contributed by atoms with Gasteiger partial charge in [-0.1, -0.05) is 66.6 Å². The molecule has 2 rings (SSSR count). The van der Waals surface area contributed by atoms with Crippen LogP contribution in [0.4, 0.5) is 0 Å². The summed E-state index contributed by atoms with van der Waals surface area (Å²) in [6.45, 7) is 6.27. The normalized spacial score (nSPS) is 12.0. The highest BCUT2D eigenvalue weighted by atomic mass is 32.2. The van der Waals surface area contributed by atoms with E-state index >= 15 is 0 Å². The van der Waals surface area contributed by atoms with Crippen LogP contribution in [0.2, 0.25) is 0 Å². The molecule has 0 unspecified atom stereocenters. The minimum atomic E-state index is 0.0997. The van der Waals surface area contributed by atoms with Gasteiger partial charge in [-0.25, -0.2) is 0 Å². The van der Waals surface area contributed by atoms with E-state index in [9.17, 15) is 4.79 Å². The summed E-state index contributed by atoms with van der Waals surface area (Å²) in [4.78, 5) is 12.2. The molecule has 122 valence electrons. The van der Waals surface area contributed by atoms with Crippen LogP contribution in [0, 0.1) is 13.8 Å². The maximum absolute atomic E-state index is 12.2. The number of nitrogens with one attached hydrogen (secondary N) is 1. The van der Waals surface area contributed by atoms with Crippen molar-refractivity contribution in [3.05, 3.63) is 70.8 Å². The summed E-state index contributed by atoms with van der Waals surface area (Å²) >= 11 is 1.66. The van der Waals surface area contributed by atoms with E-state index in [0.29, 0.717) is 5.75 Å². The standard InChI is InChI=1S/C20H25NOS/c1-4-19(18-10-8-15(2)9-11-18)21-20(22)14-23-13-17-7-5-6-16(3)12-17/h5-12,19H,4,13-14H2,1-3H3,(H,21,22)/t19-/m1/s1. The molecule has 0 fully saturated rings. The first-order chi connectivity index (χ1) is 11.1. The van der Waals surface area contributed by atoms with Crippen molar-refractivity contribution in [3.63, 3.8) is 0 Å². The Kier molecular flexibility index (Phi) is 6.72. The van der Waals surface area contributed by atoms with E-state index in [2.05, 4.69) is 74.6 Å². The van der Waals surface area contributed by atoms with E-state index < -0.39 is 0 Å². The molecule has 0 heterocycles. The molecule has 3 heteroatoms. The zero-order valence-electron chi connectivity index (χ0n) is 14.1. The highest BCUT2D eigenvalue weighted by Gasteiger charge is 2.12. The van der Waals surface area contributed by atoms with Crippen molar-refractivity contribution in [1.29, 1.82) is 0 Å². The first-order valence-electron chi connectivity index (χ1n) is 8.07. The van der Waals surface area contributed by atoms with Gasteiger partial charge in [-0.05, 0) is 31.4 Å². The summed E-state index contributed by atoms with van der Waals surface area (Å²) < 4.78 is 0. The number of carbonyl (C=O) groups excluding carboxylic acids is 1. The molecular formula is C20H25NOS. The minimum absolute atomic E-state index is 0.0997. The van der Waals surface area contributed by atoms with E-state index in [1.165, 1.54) is 22.3 Å². The van der Waals surface area contributed by atoms with Gasteiger partial charge in [0.2, 0.25) is 5.91 Å². The summed E-state index contributed by atoms with van der Waals surface area (Å²) in [6, 6.07) is 16.9. The maximum Gasteiger partial charge on any atom is 0.230 e. The second kappa shape index (κ2) is 8.78. The zero-order chi connectivity index (χ0) is 16.7. The van der Waals surface area contributed by atoms with Gasteiger partial charge in [0, 0.05) is 5.75 Å². The van der Waals surface area contributed by atoms with Gasteiger partial charge in [0.1, 0.15) is 0 Å². The average Bonchev–Trinajstić information content (AvgIpc) is 2.54. The summed E-state index contributed by atoms with van der Waals surface area (Å²) in [5.41, 5.74) is 4.95. The summed E-state index contributed by atoms with van der Waals surface area (Å²) in [5.74, 6) is 1.47. The zero-order valence-corrected chi connectivity index (χ0v) is 15.0. The Labute approximate surface area is 143 Å². The van der Waals surface area contributed by atoms with Crippen molar-refractivity contribution in [2.75, 3.05) is 5.75 Å². The van der Waals surface area contributed by atoms with E-state index in [-0.39, 0.29) is 11.9 Å². The van der Waals surface area contributed by atoms with Gasteiger partial charge in [-0.3, -0.25) is 4.79 Å². The maximum atomic E-state index is 12.2. The van der Waals surface area contributed by atoms with Gasteiger partial charge in [-0.15, -0.1) is 11.8 Å². The molecule has 1 amide bonds. The molecule has 0 aliphatic rings. The van der Waals surface area contributed by atoms with Gasteiger partial charge in [0.05, 0.1) is 11.8 Å². The van der Waals surface area contributed by atoms with Gasteiger partial charge < -0.3 is 5.32 Å². The fourth-order valence-corrected chi connectivity index (χ4v) is 3.31. The summed E-state index contributed by atoms with van der Waals surface area (Å²) in [6.07, 6.45) is 0.900. The van der Waals surface area contributed by atoms with Crippen LogP contribution in [0.3, 0.4) is 0 Å². The Balaban J connectivity index is 1.82. The number of amides is 1. The number of rotatable bonds is 7. The van der Waals surface area contributed by atoms with Gasteiger partial charge in [-0.2, -0.15) is 0 Å². The van der Waals surface area contributed by atoms with E-state index in [1.807, 2.05) is 0 Å². The number of thioether (sulfide) groups is 1. The van der Waals surface area contributed by atoms with Crippen molar-refractivity contribution < 1.29 is 4.79 Å². The lowest BCUT2D eigenvalue weighted by Gasteiger charge is -2.17. The molecule has 1 atom stereocenters. The molecular weight excluding hydrogens is 302 g/mol. The number of hydrogen-bond acceptors (Lipinski definition) is 2. The Hall–Kier alpha value is -1.74. The molecule has 0 spiro atoms. The van der Waals surface area contributed by atoms with Gasteiger partial charge in [0.15, 0.2) is 0 Å². The molecule has 0 aliphatic heterocycles. The van der Waals surface area contributed by atoms with E-state index in [4.69, 9.17) is 0 Å². The molecule has 23 heavy (non-hydrogen) atoms. The van der Waals surface area contributed by atoms with E-state index in [1.54, 1.807) is 11.8 Å². The lowest BCUT2D eigenvalue weighted by molar-refractivity contribution is -0.119. The van der Waals surface area contributed by atoms with E-state index in [0.717, 1.165) is 12.2 Å². The van der Waals surface area contributed by atoms with Crippen LogP contribution in [0.1, 0.15) is 41.6 Å². The molecule has 1 N–H and O–H groups in total. The highest BCUT2D eigenvalue weighted by Crippen LogP contribution is 2.18. The highest BCUT2D eigenvalue weighted by molar-refractivity contribution is 7.99. The third-order valence-corrected chi connectivity index (χ3v) is 4.81. The van der Waals surface area contributed by atoms with Gasteiger partial charge in [0.25, 0.3) is 0 Å². The predicted octanol–water partition coefficient (Wildman–Crippen LogP) is 4.80. The summed E-state index contributed by atoms with van der Waals surface area (Å²) in [5, 5.41) is 3.14. The number of carbonyl (C=O) groups is 1. The Morgan fingerprint density at radius 1 is 1.09 bits per heavy atom. The Bertz CT molecular complexity index is 636. The molecule has 2 aromatic carbocycles. The van der Waals surface area contributed by atoms with Crippen LogP contribution in [-0.4, -0.2) is 11.7 Å². The quantitative estimate of drug-likeness (QED) is 0.791. The van der Waals surface area contributed by atoms with Gasteiger partial charge >= 0.3 is 0 Å². The lowest BCUT2D eigenvalue weighted by atomic mass is 10.0. The molecule has 2 aromatic rings. The Morgan fingerprint density at radius 2 is 1.83 bits per heavy atom. The third-order valence-electron chi connectivity index (χ3n) is 3.81. The predicted molar refractivity (Wildman–Crippen MR) is 99.7 cm³/mol.